The molecule has 33 heavy (non-hydrogen) atoms. The van der Waals surface area contributed by atoms with Crippen LogP contribution in [0.15, 0.2) is 29.4 Å². The molecule has 1 N–H and O–H groups in total. The van der Waals surface area contributed by atoms with Crippen molar-refractivity contribution in [1.29, 1.82) is 0 Å². The fourth-order valence-corrected chi connectivity index (χ4v) is 4.14. The van der Waals surface area contributed by atoms with Crippen molar-refractivity contribution in [3.63, 3.8) is 0 Å². The molecule has 10 heteroatoms. The van der Waals surface area contributed by atoms with Gasteiger partial charge >= 0.3 is 0 Å². The number of hydrogen-bond acceptors (Lipinski definition) is 7. The van der Waals surface area contributed by atoms with Gasteiger partial charge in [-0.3, -0.25) is 9.69 Å². The highest BCUT2D eigenvalue weighted by Crippen LogP contribution is 2.24. The van der Waals surface area contributed by atoms with Crippen LogP contribution in [0.4, 0.5) is 4.39 Å². The van der Waals surface area contributed by atoms with Crippen molar-refractivity contribution in [3.8, 4) is 11.4 Å². The number of morpholine rings is 1. The summed E-state index contributed by atoms with van der Waals surface area (Å²) in [5.74, 6) is 1.16. The molecule has 1 saturated heterocycles. The van der Waals surface area contributed by atoms with Gasteiger partial charge in [-0.2, -0.15) is 0 Å². The molecule has 2 heterocycles. The van der Waals surface area contributed by atoms with Gasteiger partial charge in [0.05, 0.1) is 25.6 Å². The number of amides is 1. The zero-order valence-electron chi connectivity index (χ0n) is 19.5. The molecule has 0 atom stereocenters. The predicted octanol–water partition coefficient (Wildman–Crippen LogP) is 2.69. The van der Waals surface area contributed by atoms with E-state index in [2.05, 4.69) is 34.3 Å². The third-order valence-corrected chi connectivity index (χ3v) is 6.27. The molecule has 1 aromatic heterocycles. The minimum Gasteiger partial charge on any atom is -0.380 e. The summed E-state index contributed by atoms with van der Waals surface area (Å²) in [7, 11) is 0. The van der Waals surface area contributed by atoms with E-state index in [0.717, 1.165) is 44.8 Å². The third kappa shape index (κ3) is 8.69. The summed E-state index contributed by atoms with van der Waals surface area (Å²) >= 11 is 1.35. The number of halogens is 1. The molecule has 1 aliphatic rings. The van der Waals surface area contributed by atoms with Crippen LogP contribution in [0.1, 0.15) is 20.3 Å². The molecule has 0 spiro atoms. The molecule has 0 radical (unpaired) electrons. The Morgan fingerprint density at radius 2 is 1.94 bits per heavy atom. The Hall–Kier alpha value is -2.01. The van der Waals surface area contributed by atoms with Crippen LogP contribution in [-0.2, 0) is 20.8 Å². The van der Waals surface area contributed by atoms with Gasteiger partial charge in [0, 0.05) is 44.9 Å². The molecule has 1 amide bonds. The maximum absolute atomic E-state index is 13.4. The summed E-state index contributed by atoms with van der Waals surface area (Å²) in [6.45, 7) is 10.8. The lowest BCUT2D eigenvalue weighted by Gasteiger charge is -2.27. The van der Waals surface area contributed by atoms with Gasteiger partial charge in [-0.25, -0.2) is 4.39 Å². The summed E-state index contributed by atoms with van der Waals surface area (Å²) in [5, 5.41) is 12.2. The summed E-state index contributed by atoms with van der Waals surface area (Å²) in [6, 6.07) is 6.23. The average Bonchev–Trinajstić information content (AvgIpc) is 3.22. The first-order chi connectivity index (χ1) is 16.0. The number of rotatable bonds is 13. The van der Waals surface area contributed by atoms with E-state index in [-0.39, 0.29) is 17.5 Å². The number of nitrogens with zero attached hydrogens (tertiary/aromatic N) is 4. The fourth-order valence-electron chi connectivity index (χ4n) is 3.34. The molecule has 1 fully saturated rings. The Balaban J connectivity index is 1.55. The van der Waals surface area contributed by atoms with Crippen molar-refractivity contribution in [3.05, 3.63) is 30.1 Å². The number of carbonyl (C=O) groups excluding carboxylic acids is 1. The summed E-state index contributed by atoms with van der Waals surface area (Å²) in [5.41, 5.74) is 0.792. The van der Waals surface area contributed by atoms with Crippen molar-refractivity contribution < 1.29 is 18.7 Å². The van der Waals surface area contributed by atoms with Crippen molar-refractivity contribution in [2.24, 2.45) is 5.92 Å². The highest BCUT2D eigenvalue weighted by molar-refractivity contribution is 7.99. The average molecular weight is 480 g/mol. The maximum Gasteiger partial charge on any atom is 0.230 e. The largest absolute Gasteiger partial charge is 0.380 e. The number of nitrogens with one attached hydrogen (secondary N) is 1. The molecule has 1 aromatic carbocycles. The molecule has 2 aromatic rings. The number of carbonyl (C=O) groups is 1. The lowest BCUT2D eigenvalue weighted by Crippen LogP contribution is -2.38. The minimum absolute atomic E-state index is 0.0708. The number of ether oxygens (including phenoxy) is 2. The van der Waals surface area contributed by atoms with Gasteiger partial charge in [0.1, 0.15) is 5.82 Å². The normalized spacial score (nSPS) is 14.7. The van der Waals surface area contributed by atoms with Crippen molar-refractivity contribution in [2.45, 2.75) is 32.0 Å². The Bertz CT molecular complexity index is 856. The monoisotopic (exact) mass is 479 g/mol. The number of thioether (sulfide) groups is 1. The second-order valence-corrected chi connectivity index (χ2v) is 9.29. The van der Waals surface area contributed by atoms with Crippen LogP contribution in [0.25, 0.3) is 11.4 Å². The summed E-state index contributed by atoms with van der Waals surface area (Å²) < 4.78 is 26.4. The van der Waals surface area contributed by atoms with Crippen LogP contribution in [-0.4, -0.2) is 83.9 Å². The summed E-state index contributed by atoms with van der Waals surface area (Å²) in [4.78, 5) is 14.6. The zero-order chi connectivity index (χ0) is 23.5. The van der Waals surface area contributed by atoms with Gasteiger partial charge in [0.2, 0.25) is 5.91 Å². The van der Waals surface area contributed by atoms with Crippen LogP contribution in [0, 0.1) is 11.7 Å². The van der Waals surface area contributed by atoms with Crippen molar-refractivity contribution in [1.82, 2.24) is 25.0 Å². The Morgan fingerprint density at radius 3 is 2.67 bits per heavy atom. The van der Waals surface area contributed by atoms with Crippen molar-refractivity contribution in [2.75, 3.05) is 58.4 Å². The second kappa shape index (κ2) is 13.6. The van der Waals surface area contributed by atoms with Crippen LogP contribution in [0.2, 0.25) is 0 Å². The first-order valence-corrected chi connectivity index (χ1v) is 12.5. The van der Waals surface area contributed by atoms with Gasteiger partial charge in [-0.15, -0.1) is 10.2 Å². The Labute approximate surface area is 199 Å². The molecule has 182 valence electrons. The SMILES string of the molecule is CC(C)CCOCCNC(=O)CSc1nnc(-c2ccc(F)cc2)n1CCN1CCOCC1. The van der Waals surface area contributed by atoms with Crippen LogP contribution in [0.3, 0.4) is 0 Å². The molecular weight excluding hydrogens is 445 g/mol. The minimum atomic E-state index is -0.294. The molecule has 0 unspecified atom stereocenters. The fraction of sp³-hybridized carbons (Fsp3) is 0.609. The molecule has 0 bridgehead atoms. The Morgan fingerprint density at radius 1 is 1.18 bits per heavy atom. The van der Waals surface area contributed by atoms with E-state index in [9.17, 15) is 9.18 Å². The quantitative estimate of drug-likeness (QED) is 0.349. The predicted molar refractivity (Wildman–Crippen MR) is 127 cm³/mol. The van der Waals surface area contributed by atoms with E-state index in [4.69, 9.17) is 9.47 Å². The number of benzene rings is 1. The highest BCUT2D eigenvalue weighted by atomic mass is 32.2. The zero-order valence-corrected chi connectivity index (χ0v) is 20.3. The van der Waals surface area contributed by atoms with E-state index in [1.165, 1.54) is 23.9 Å². The van der Waals surface area contributed by atoms with E-state index in [1.54, 1.807) is 12.1 Å². The van der Waals surface area contributed by atoms with Crippen LogP contribution < -0.4 is 5.32 Å². The first-order valence-electron chi connectivity index (χ1n) is 11.5. The van der Waals surface area contributed by atoms with Gasteiger partial charge in [-0.1, -0.05) is 25.6 Å². The molecular formula is C23H34FN5O3S. The van der Waals surface area contributed by atoms with E-state index < -0.39 is 0 Å². The smallest absolute Gasteiger partial charge is 0.230 e. The molecule has 1 aliphatic heterocycles. The summed E-state index contributed by atoms with van der Waals surface area (Å²) in [6.07, 6.45) is 1.01. The standard InChI is InChI=1S/C23H34FN5O3S/c1-18(2)7-13-31-14-8-25-21(30)17-33-23-27-26-22(19-3-5-20(24)6-4-19)29(23)10-9-28-11-15-32-16-12-28/h3-6,18H,7-17H2,1-2H3,(H,25,30). The van der Waals surface area contributed by atoms with E-state index in [0.29, 0.717) is 43.2 Å². The molecule has 0 saturated carbocycles. The van der Waals surface area contributed by atoms with Gasteiger partial charge in [-0.05, 0) is 36.6 Å². The maximum atomic E-state index is 13.4. The topological polar surface area (TPSA) is 81.5 Å². The van der Waals surface area contributed by atoms with Crippen LogP contribution >= 0.6 is 11.8 Å². The lowest BCUT2D eigenvalue weighted by molar-refractivity contribution is -0.118. The van der Waals surface area contributed by atoms with Crippen molar-refractivity contribution >= 4 is 17.7 Å². The number of hydrogen-bond donors (Lipinski definition) is 1. The number of aromatic nitrogens is 3. The molecule has 3 rings (SSSR count). The van der Waals surface area contributed by atoms with Gasteiger partial charge in [0.15, 0.2) is 11.0 Å². The lowest BCUT2D eigenvalue weighted by atomic mass is 10.1. The van der Waals surface area contributed by atoms with Crippen LogP contribution in [0.5, 0.6) is 0 Å². The second-order valence-electron chi connectivity index (χ2n) is 8.35. The Kier molecular flexibility index (Phi) is 10.6. The van der Waals surface area contributed by atoms with E-state index in [1.807, 2.05) is 4.57 Å². The third-order valence-electron chi connectivity index (χ3n) is 5.30. The molecule has 8 nitrogen and oxygen atoms in total. The van der Waals surface area contributed by atoms with Gasteiger partial charge < -0.3 is 19.4 Å². The highest BCUT2D eigenvalue weighted by Gasteiger charge is 2.18. The van der Waals surface area contributed by atoms with E-state index >= 15 is 0 Å². The van der Waals surface area contributed by atoms with Gasteiger partial charge in [0.25, 0.3) is 0 Å². The molecule has 0 aliphatic carbocycles. The first kappa shape index (κ1) is 25.6.